The molecule has 1 aromatic rings. The zero-order valence-electron chi connectivity index (χ0n) is 13.2. The standard InChI is InChI=1S/C20H20N2O/c21-14-17-8-6-16(7-9-17)10-11-20(23,19(15-22)12-13-19)18-4-2-1-3-5-18/h6-9,18,23H,1-5,12-13H2/t20-/m1/s1. The van der Waals surface area contributed by atoms with Crippen LogP contribution in [0.1, 0.15) is 56.1 Å². The summed E-state index contributed by atoms with van der Waals surface area (Å²) in [7, 11) is 0. The average molecular weight is 304 g/mol. The summed E-state index contributed by atoms with van der Waals surface area (Å²) >= 11 is 0. The largest absolute Gasteiger partial charge is 0.376 e. The van der Waals surface area contributed by atoms with Gasteiger partial charge in [0.1, 0.15) is 5.60 Å². The second kappa shape index (κ2) is 6.08. The van der Waals surface area contributed by atoms with Crippen LogP contribution in [0, 0.1) is 45.8 Å². The third-order valence-corrected chi connectivity index (χ3v) is 5.30. The topological polar surface area (TPSA) is 67.8 Å². The van der Waals surface area contributed by atoms with Crippen molar-refractivity contribution >= 4 is 0 Å². The lowest BCUT2D eigenvalue weighted by atomic mass is 9.69. The molecule has 0 radical (unpaired) electrons. The molecule has 0 amide bonds. The number of rotatable bonds is 2. The molecule has 23 heavy (non-hydrogen) atoms. The molecule has 0 unspecified atom stereocenters. The van der Waals surface area contributed by atoms with Gasteiger partial charge in [0.05, 0.1) is 23.1 Å². The fourth-order valence-corrected chi connectivity index (χ4v) is 3.63. The van der Waals surface area contributed by atoms with E-state index >= 15 is 0 Å². The molecule has 0 spiro atoms. The highest BCUT2D eigenvalue weighted by Crippen LogP contribution is 2.58. The van der Waals surface area contributed by atoms with Gasteiger partial charge in [-0.25, -0.2) is 0 Å². The van der Waals surface area contributed by atoms with Crippen LogP contribution in [0.5, 0.6) is 0 Å². The minimum atomic E-state index is -1.21. The second-order valence-electron chi connectivity index (χ2n) is 6.73. The van der Waals surface area contributed by atoms with Gasteiger partial charge in [0.15, 0.2) is 0 Å². The maximum Gasteiger partial charge on any atom is 0.147 e. The summed E-state index contributed by atoms with van der Waals surface area (Å²) in [5.41, 5.74) is -0.536. The molecule has 2 fully saturated rings. The summed E-state index contributed by atoms with van der Waals surface area (Å²) in [5.74, 6) is 6.21. The van der Waals surface area contributed by atoms with Gasteiger partial charge in [-0.1, -0.05) is 31.1 Å². The lowest BCUT2D eigenvalue weighted by molar-refractivity contribution is -0.0233. The molecule has 0 aliphatic heterocycles. The molecule has 116 valence electrons. The quantitative estimate of drug-likeness (QED) is 0.850. The van der Waals surface area contributed by atoms with Crippen LogP contribution < -0.4 is 0 Å². The molecule has 2 aliphatic carbocycles. The van der Waals surface area contributed by atoms with Gasteiger partial charge in [0.25, 0.3) is 0 Å². The first kappa shape index (κ1) is 15.6. The molecule has 3 nitrogen and oxygen atoms in total. The summed E-state index contributed by atoms with van der Waals surface area (Å²) in [5, 5.41) is 29.8. The lowest BCUT2D eigenvalue weighted by Gasteiger charge is -2.38. The summed E-state index contributed by atoms with van der Waals surface area (Å²) in [6, 6.07) is 11.5. The molecule has 0 heterocycles. The van der Waals surface area contributed by atoms with Crippen molar-refractivity contribution in [2.75, 3.05) is 0 Å². The summed E-state index contributed by atoms with van der Waals surface area (Å²) in [6.45, 7) is 0. The zero-order valence-corrected chi connectivity index (χ0v) is 13.2. The Labute approximate surface area is 137 Å². The van der Waals surface area contributed by atoms with E-state index in [1.165, 1.54) is 6.42 Å². The van der Waals surface area contributed by atoms with Gasteiger partial charge in [-0.05, 0) is 49.9 Å². The van der Waals surface area contributed by atoms with Gasteiger partial charge < -0.3 is 5.11 Å². The summed E-state index contributed by atoms with van der Waals surface area (Å²) in [6.07, 6.45) is 6.77. The predicted molar refractivity (Wildman–Crippen MR) is 86.8 cm³/mol. The Bertz CT molecular complexity index is 716. The number of hydrogen-bond donors (Lipinski definition) is 1. The number of benzene rings is 1. The molecule has 3 rings (SSSR count). The molecule has 0 saturated heterocycles. The van der Waals surface area contributed by atoms with Crippen LogP contribution in [0.25, 0.3) is 0 Å². The van der Waals surface area contributed by atoms with Crippen molar-refractivity contribution < 1.29 is 5.11 Å². The molecule has 0 bridgehead atoms. The first-order valence-corrected chi connectivity index (χ1v) is 8.30. The molecule has 0 aromatic heterocycles. The highest BCUT2D eigenvalue weighted by Gasteiger charge is 2.62. The van der Waals surface area contributed by atoms with Crippen molar-refractivity contribution in [3.8, 4) is 24.0 Å². The van der Waals surface area contributed by atoms with Crippen molar-refractivity contribution in [2.24, 2.45) is 11.3 Å². The molecule has 1 aromatic carbocycles. The lowest BCUT2D eigenvalue weighted by Crippen LogP contribution is -2.46. The Morgan fingerprint density at radius 3 is 2.13 bits per heavy atom. The Balaban J connectivity index is 1.92. The molecule has 2 aliphatic rings. The smallest absolute Gasteiger partial charge is 0.147 e. The van der Waals surface area contributed by atoms with E-state index in [0.29, 0.717) is 5.56 Å². The first-order chi connectivity index (χ1) is 11.1. The van der Waals surface area contributed by atoms with Gasteiger partial charge in [-0.2, -0.15) is 10.5 Å². The SMILES string of the molecule is N#Cc1ccc(C#C[C@@](O)(C2CCCCC2)C2(C#N)CC2)cc1. The van der Waals surface area contributed by atoms with E-state index in [9.17, 15) is 10.4 Å². The third kappa shape index (κ3) is 2.84. The van der Waals surface area contributed by atoms with Gasteiger partial charge >= 0.3 is 0 Å². The van der Waals surface area contributed by atoms with Gasteiger partial charge in [0, 0.05) is 11.5 Å². The van der Waals surface area contributed by atoms with Crippen LogP contribution in [-0.4, -0.2) is 10.7 Å². The van der Waals surface area contributed by atoms with Gasteiger partial charge in [-0.15, -0.1) is 0 Å². The summed E-state index contributed by atoms with van der Waals surface area (Å²) < 4.78 is 0. The van der Waals surface area contributed by atoms with Crippen molar-refractivity contribution in [1.29, 1.82) is 10.5 Å². The van der Waals surface area contributed by atoms with Gasteiger partial charge in [-0.3, -0.25) is 0 Å². The summed E-state index contributed by atoms with van der Waals surface area (Å²) in [4.78, 5) is 0. The number of nitrogens with zero attached hydrogens (tertiary/aromatic N) is 2. The van der Waals surface area contributed by atoms with Crippen molar-refractivity contribution in [2.45, 2.75) is 50.5 Å². The Morgan fingerprint density at radius 2 is 1.61 bits per heavy atom. The van der Waals surface area contributed by atoms with Crippen LogP contribution in [0.4, 0.5) is 0 Å². The van der Waals surface area contributed by atoms with Crippen LogP contribution in [-0.2, 0) is 0 Å². The fraction of sp³-hybridized carbons (Fsp3) is 0.500. The average Bonchev–Trinajstić information content (AvgIpc) is 3.42. The number of hydrogen-bond acceptors (Lipinski definition) is 3. The number of nitriles is 2. The number of aliphatic hydroxyl groups is 1. The maximum absolute atomic E-state index is 11.3. The van der Waals surface area contributed by atoms with Crippen LogP contribution in [0.15, 0.2) is 24.3 Å². The Morgan fingerprint density at radius 1 is 1.00 bits per heavy atom. The van der Waals surface area contributed by atoms with Crippen molar-refractivity contribution in [3.63, 3.8) is 0 Å². The predicted octanol–water partition coefficient (Wildman–Crippen LogP) is 3.52. The van der Waals surface area contributed by atoms with Crippen molar-refractivity contribution in [3.05, 3.63) is 35.4 Å². The second-order valence-corrected chi connectivity index (χ2v) is 6.73. The highest BCUT2D eigenvalue weighted by atomic mass is 16.3. The van der Waals surface area contributed by atoms with Crippen molar-refractivity contribution in [1.82, 2.24) is 0 Å². The van der Waals surface area contributed by atoms with E-state index in [0.717, 1.165) is 44.1 Å². The van der Waals surface area contributed by atoms with Crippen LogP contribution >= 0.6 is 0 Å². The minimum absolute atomic E-state index is 0.0873. The Kier molecular flexibility index (Phi) is 4.12. The molecular weight excluding hydrogens is 284 g/mol. The molecular formula is C20H20N2O. The van der Waals surface area contributed by atoms with Gasteiger partial charge in [0.2, 0.25) is 0 Å². The minimum Gasteiger partial charge on any atom is -0.376 e. The zero-order chi connectivity index (χ0) is 16.3. The van der Waals surface area contributed by atoms with E-state index in [2.05, 4.69) is 24.0 Å². The normalized spacial score (nSPS) is 21.9. The molecule has 3 heteroatoms. The van der Waals surface area contributed by atoms with E-state index in [-0.39, 0.29) is 5.92 Å². The van der Waals surface area contributed by atoms with E-state index in [1.807, 2.05) is 0 Å². The molecule has 1 N–H and O–H groups in total. The molecule has 2 saturated carbocycles. The van der Waals surface area contributed by atoms with Crippen LogP contribution in [0.3, 0.4) is 0 Å². The highest BCUT2D eigenvalue weighted by molar-refractivity contribution is 5.43. The van der Waals surface area contributed by atoms with Crippen LogP contribution in [0.2, 0.25) is 0 Å². The first-order valence-electron chi connectivity index (χ1n) is 8.30. The monoisotopic (exact) mass is 304 g/mol. The molecule has 1 atom stereocenters. The Hall–Kier alpha value is -2.28. The third-order valence-electron chi connectivity index (χ3n) is 5.30. The van der Waals surface area contributed by atoms with E-state index < -0.39 is 11.0 Å². The van der Waals surface area contributed by atoms with E-state index in [4.69, 9.17) is 5.26 Å². The fourth-order valence-electron chi connectivity index (χ4n) is 3.63. The van der Waals surface area contributed by atoms with E-state index in [1.54, 1.807) is 24.3 Å². The maximum atomic E-state index is 11.3.